The normalized spacial score (nSPS) is 18.8. The number of nitrogens with zero attached hydrogens (tertiary/aromatic N) is 1. The Kier molecular flexibility index (Phi) is 6.02. The van der Waals surface area contributed by atoms with Gasteiger partial charge in [-0.25, -0.2) is 0 Å². The van der Waals surface area contributed by atoms with Crippen LogP contribution in [0.2, 0.25) is 0 Å². The van der Waals surface area contributed by atoms with Gasteiger partial charge in [-0.15, -0.1) is 11.3 Å². The molecule has 0 saturated carbocycles. The van der Waals surface area contributed by atoms with E-state index in [0.29, 0.717) is 36.8 Å². The highest BCUT2D eigenvalue weighted by Gasteiger charge is 2.44. The first-order chi connectivity index (χ1) is 16.2. The van der Waals surface area contributed by atoms with E-state index < -0.39 is 12.0 Å². The largest absolute Gasteiger partial charge is 0.454 e. The summed E-state index contributed by atoms with van der Waals surface area (Å²) in [5, 5.41) is 5.05. The van der Waals surface area contributed by atoms with Crippen LogP contribution in [0.5, 0.6) is 11.5 Å². The maximum Gasteiger partial charge on any atom is 0.254 e. The van der Waals surface area contributed by atoms with Crippen LogP contribution in [-0.2, 0) is 16.1 Å². The van der Waals surface area contributed by atoms with Crippen LogP contribution in [0.1, 0.15) is 38.3 Å². The molecule has 2 atom stereocenters. The third-order valence-corrected chi connectivity index (χ3v) is 6.94. The fraction of sp³-hybridized carbons (Fsp3) is 0.280. The standard InChI is InChI=1S/C25H24N2O5S/c1-30-11-10-27-23(21-7-4-12-33-21)22(17-5-2-3-6-18(17)25(27)29)24(28)26-14-16-8-9-19-20(13-16)32-15-31-19/h2-9,12-13,22-23H,10-11,14-15H2,1H3,(H,26,28)/t22-,23+/m0/s1. The van der Waals surface area contributed by atoms with Crippen LogP contribution in [0.25, 0.3) is 0 Å². The molecule has 33 heavy (non-hydrogen) atoms. The number of ether oxygens (including phenoxy) is 3. The van der Waals surface area contributed by atoms with Crippen molar-refractivity contribution in [3.63, 3.8) is 0 Å². The minimum absolute atomic E-state index is 0.0825. The molecule has 170 valence electrons. The van der Waals surface area contributed by atoms with Crippen molar-refractivity contribution in [2.45, 2.75) is 18.5 Å². The first kappa shape index (κ1) is 21.5. The van der Waals surface area contributed by atoms with Crippen LogP contribution in [0.3, 0.4) is 0 Å². The van der Waals surface area contributed by atoms with Crippen LogP contribution < -0.4 is 14.8 Å². The monoisotopic (exact) mass is 464 g/mol. The minimum Gasteiger partial charge on any atom is -0.454 e. The molecule has 0 aliphatic carbocycles. The van der Waals surface area contributed by atoms with E-state index in [-0.39, 0.29) is 18.6 Å². The van der Waals surface area contributed by atoms with Gasteiger partial charge in [0.1, 0.15) is 0 Å². The first-order valence-corrected chi connectivity index (χ1v) is 11.6. The zero-order chi connectivity index (χ0) is 22.8. The van der Waals surface area contributed by atoms with Gasteiger partial charge in [-0.3, -0.25) is 9.59 Å². The number of hydrogen-bond acceptors (Lipinski definition) is 6. The van der Waals surface area contributed by atoms with Crippen molar-refractivity contribution in [2.75, 3.05) is 27.1 Å². The van der Waals surface area contributed by atoms with E-state index in [1.165, 1.54) is 0 Å². The van der Waals surface area contributed by atoms with E-state index in [2.05, 4.69) is 5.32 Å². The SMILES string of the molecule is COCCN1C(=O)c2ccccc2[C@H](C(=O)NCc2ccc3c(c2)OCO3)[C@H]1c1cccs1. The van der Waals surface area contributed by atoms with Crippen molar-refractivity contribution in [3.8, 4) is 11.5 Å². The van der Waals surface area contributed by atoms with Crippen LogP contribution in [0, 0.1) is 0 Å². The van der Waals surface area contributed by atoms with E-state index in [9.17, 15) is 9.59 Å². The molecule has 0 spiro atoms. The fourth-order valence-electron chi connectivity index (χ4n) is 4.44. The van der Waals surface area contributed by atoms with E-state index in [0.717, 1.165) is 16.0 Å². The van der Waals surface area contributed by atoms with Gasteiger partial charge < -0.3 is 24.4 Å². The molecule has 0 bridgehead atoms. The Balaban J connectivity index is 1.47. The molecule has 0 fully saturated rings. The number of nitrogens with one attached hydrogen (secondary N) is 1. The van der Waals surface area contributed by atoms with Gasteiger partial charge in [-0.2, -0.15) is 0 Å². The summed E-state index contributed by atoms with van der Waals surface area (Å²) in [6.45, 7) is 1.34. The topological polar surface area (TPSA) is 77.1 Å². The highest BCUT2D eigenvalue weighted by Crippen LogP contribution is 2.44. The lowest BCUT2D eigenvalue weighted by Crippen LogP contribution is -2.48. The highest BCUT2D eigenvalue weighted by molar-refractivity contribution is 7.10. The van der Waals surface area contributed by atoms with Gasteiger partial charge in [0, 0.05) is 30.6 Å². The number of carbonyl (C=O) groups is 2. The van der Waals surface area contributed by atoms with Gasteiger partial charge in [-0.05, 0) is 40.8 Å². The Morgan fingerprint density at radius 2 is 2.00 bits per heavy atom. The number of hydrogen-bond donors (Lipinski definition) is 1. The van der Waals surface area contributed by atoms with Gasteiger partial charge in [0.25, 0.3) is 5.91 Å². The average Bonchev–Trinajstić information content (AvgIpc) is 3.53. The summed E-state index contributed by atoms with van der Waals surface area (Å²) in [6.07, 6.45) is 0. The number of carbonyl (C=O) groups excluding carboxylic acids is 2. The van der Waals surface area contributed by atoms with E-state index in [4.69, 9.17) is 14.2 Å². The van der Waals surface area contributed by atoms with Crippen molar-refractivity contribution in [1.29, 1.82) is 0 Å². The Hall–Kier alpha value is -3.36. The second-order valence-electron chi connectivity index (χ2n) is 7.92. The number of methoxy groups -OCH3 is 1. The molecule has 0 radical (unpaired) electrons. The third kappa shape index (κ3) is 4.07. The lowest BCUT2D eigenvalue weighted by molar-refractivity contribution is -0.124. The summed E-state index contributed by atoms with van der Waals surface area (Å²) in [5.74, 6) is 0.631. The van der Waals surface area contributed by atoms with Crippen LogP contribution in [0.15, 0.2) is 60.0 Å². The quantitative estimate of drug-likeness (QED) is 0.577. The van der Waals surface area contributed by atoms with E-state index in [1.807, 2.05) is 53.9 Å². The zero-order valence-electron chi connectivity index (χ0n) is 18.2. The number of amides is 2. The van der Waals surface area contributed by atoms with Gasteiger partial charge in [0.05, 0.1) is 18.6 Å². The summed E-state index contributed by atoms with van der Waals surface area (Å²) in [5.41, 5.74) is 2.22. The molecule has 2 aromatic carbocycles. The highest BCUT2D eigenvalue weighted by atomic mass is 32.1. The molecule has 1 aromatic heterocycles. The van der Waals surface area contributed by atoms with Crippen molar-refractivity contribution < 1.29 is 23.8 Å². The first-order valence-electron chi connectivity index (χ1n) is 10.8. The van der Waals surface area contributed by atoms with Crippen molar-refractivity contribution in [3.05, 3.63) is 81.5 Å². The molecule has 1 N–H and O–H groups in total. The Morgan fingerprint density at radius 1 is 1.15 bits per heavy atom. The molecular formula is C25H24N2O5S. The van der Waals surface area contributed by atoms with Crippen LogP contribution in [0.4, 0.5) is 0 Å². The molecule has 7 nitrogen and oxygen atoms in total. The molecule has 5 rings (SSSR count). The van der Waals surface area contributed by atoms with Crippen molar-refractivity contribution >= 4 is 23.2 Å². The van der Waals surface area contributed by atoms with Crippen molar-refractivity contribution in [1.82, 2.24) is 10.2 Å². The Bertz CT molecular complexity index is 1160. The van der Waals surface area contributed by atoms with Crippen LogP contribution in [-0.4, -0.2) is 43.8 Å². The molecule has 3 aromatic rings. The molecular weight excluding hydrogens is 440 g/mol. The third-order valence-electron chi connectivity index (χ3n) is 6.00. The summed E-state index contributed by atoms with van der Waals surface area (Å²) in [6, 6.07) is 16.5. The van der Waals surface area contributed by atoms with Crippen molar-refractivity contribution in [2.24, 2.45) is 0 Å². The van der Waals surface area contributed by atoms with E-state index in [1.54, 1.807) is 29.4 Å². The predicted molar refractivity (Wildman–Crippen MR) is 124 cm³/mol. The summed E-state index contributed by atoms with van der Waals surface area (Å²) in [7, 11) is 1.61. The average molecular weight is 465 g/mol. The summed E-state index contributed by atoms with van der Waals surface area (Å²) >= 11 is 1.55. The second-order valence-corrected chi connectivity index (χ2v) is 8.90. The van der Waals surface area contributed by atoms with E-state index >= 15 is 0 Å². The van der Waals surface area contributed by atoms with Crippen LogP contribution >= 0.6 is 11.3 Å². The molecule has 2 aliphatic rings. The number of benzene rings is 2. The predicted octanol–water partition coefficient (Wildman–Crippen LogP) is 3.72. The number of thiophene rings is 1. The fourth-order valence-corrected chi connectivity index (χ4v) is 5.31. The Labute approximate surface area is 195 Å². The van der Waals surface area contributed by atoms with Gasteiger partial charge in [0.15, 0.2) is 11.5 Å². The van der Waals surface area contributed by atoms with Gasteiger partial charge in [-0.1, -0.05) is 30.3 Å². The lowest BCUT2D eigenvalue weighted by atomic mass is 9.81. The number of rotatable bonds is 7. The Morgan fingerprint density at radius 3 is 2.82 bits per heavy atom. The van der Waals surface area contributed by atoms with Gasteiger partial charge >= 0.3 is 0 Å². The smallest absolute Gasteiger partial charge is 0.254 e. The molecule has 0 saturated heterocycles. The lowest BCUT2D eigenvalue weighted by Gasteiger charge is -2.41. The zero-order valence-corrected chi connectivity index (χ0v) is 19.0. The molecule has 2 aliphatic heterocycles. The maximum absolute atomic E-state index is 13.7. The van der Waals surface area contributed by atoms with Gasteiger partial charge in [0.2, 0.25) is 12.7 Å². The number of fused-ring (bicyclic) bond motifs is 2. The summed E-state index contributed by atoms with van der Waals surface area (Å²) < 4.78 is 16.1. The molecule has 8 heteroatoms. The minimum atomic E-state index is -0.539. The second kappa shape index (κ2) is 9.25. The maximum atomic E-state index is 13.7. The molecule has 2 amide bonds. The summed E-state index contributed by atoms with van der Waals surface area (Å²) in [4.78, 5) is 29.8. The molecule has 3 heterocycles. The molecule has 0 unspecified atom stereocenters.